The first-order chi connectivity index (χ1) is 6.72. The smallest absolute Gasteiger partial charge is 0.0366 e. The van der Waals surface area contributed by atoms with Crippen molar-refractivity contribution in [2.75, 3.05) is 13.1 Å². The molecule has 3 heterocycles. The predicted molar refractivity (Wildman–Crippen MR) is 58.3 cm³/mol. The van der Waals surface area contributed by atoms with Crippen LogP contribution < -0.4 is 5.32 Å². The van der Waals surface area contributed by atoms with Crippen molar-refractivity contribution in [3.8, 4) is 0 Å². The summed E-state index contributed by atoms with van der Waals surface area (Å²) in [6, 6.07) is 1.46. The van der Waals surface area contributed by atoms with E-state index in [1.54, 1.807) is 0 Å². The maximum Gasteiger partial charge on any atom is 0.0366 e. The fourth-order valence-corrected chi connectivity index (χ4v) is 3.72. The van der Waals surface area contributed by atoms with Crippen molar-refractivity contribution >= 4 is 0 Å². The van der Waals surface area contributed by atoms with E-state index >= 15 is 0 Å². The Morgan fingerprint density at radius 1 is 1.21 bits per heavy atom. The number of fused-ring (bicyclic) bond motifs is 2. The molecule has 1 unspecified atom stereocenters. The van der Waals surface area contributed by atoms with Crippen molar-refractivity contribution < 1.29 is 0 Å². The Morgan fingerprint density at radius 3 is 2.36 bits per heavy atom. The summed E-state index contributed by atoms with van der Waals surface area (Å²) in [5.41, 5.74) is 0.617. The van der Waals surface area contributed by atoms with Crippen molar-refractivity contribution in [2.24, 2.45) is 5.92 Å². The monoisotopic (exact) mass is 194 g/mol. The topological polar surface area (TPSA) is 15.3 Å². The lowest BCUT2D eigenvalue weighted by molar-refractivity contribution is -0.00567. The number of hydrogen-bond acceptors (Lipinski definition) is 2. The molecule has 2 nitrogen and oxygen atoms in total. The third-order valence-electron chi connectivity index (χ3n) is 4.49. The molecule has 1 atom stereocenters. The van der Waals surface area contributed by atoms with Crippen LogP contribution in [0.15, 0.2) is 0 Å². The average molecular weight is 194 g/mol. The van der Waals surface area contributed by atoms with Crippen LogP contribution in [0.1, 0.15) is 39.5 Å². The van der Waals surface area contributed by atoms with Gasteiger partial charge in [-0.15, -0.1) is 0 Å². The van der Waals surface area contributed by atoms with Gasteiger partial charge in [-0.3, -0.25) is 4.90 Å². The van der Waals surface area contributed by atoms with E-state index in [1.165, 1.54) is 38.8 Å². The van der Waals surface area contributed by atoms with E-state index in [-0.39, 0.29) is 0 Å². The second kappa shape index (κ2) is 2.96. The van der Waals surface area contributed by atoms with Gasteiger partial charge in [0.05, 0.1) is 0 Å². The average Bonchev–Trinajstić information content (AvgIpc) is 2.93. The van der Waals surface area contributed by atoms with E-state index in [0.717, 1.165) is 12.0 Å². The molecule has 4 fully saturated rings. The molecule has 3 saturated heterocycles. The molecule has 4 aliphatic rings. The zero-order valence-electron chi connectivity index (χ0n) is 9.42. The molecule has 4 rings (SSSR count). The molecule has 80 valence electrons. The second-order valence-electron chi connectivity index (χ2n) is 5.73. The summed E-state index contributed by atoms with van der Waals surface area (Å²) >= 11 is 0. The zero-order chi connectivity index (χ0) is 9.76. The summed E-state index contributed by atoms with van der Waals surface area (Å²) in [7, 11) is 0. The van der Waals surface area contributed by atoms with E-state index in [2.05, 4.69) is 24.1 Å². The quantitative estimate of drug-likeness (QED) is 0.718. The Morgan fingerprint density at radius 2 is 1.86 bits per heavy atom. The summed E-state index contributed by atoms with van der Waals surface area (Å²) < 4.78 is 0. The van der Waals surface area contributed by atoms with Gasteiger partial charge in [0.15, 0.2) is 0 Å². The van der Waals surface area contributed by atoms with Gasteiger partial charge in [0, 0.05) is 17.6 Å². The summed E-state index contributed by atoms with van der Waals surface area (Å²) in [6.07, 6.45) is 5.78. The molecule has 0 aromatic rings. The molecule has 1 spiro atoms. The van der Waals surface area contributed by atoms with E-state index in [0.29, 0.717) is 11.6 Å². The third kappa shape index (κ3) is 1.17. The van der Waals surface area contributed by atoms with Crippen LogP contribution in [0.3, 0.4) is 0 Å². The summed E-state index contributed by atoms with van der Waals surface area (Å²) in [5, 5.41) is 3.82. The van der Waals surface area contributed by atoms with Crippen molar-refractivity contribution in [2.45, 2.75) is 57.2 Å². The van der Waals surface area contributed by atoms with Crippen molar-refractivity contribution in [3.05, 3.63) is 0 Å². The molecule has 0 radical (unpaired) electrons. The number of piperidine rings is 3. The lowest BCUT2D eigenvalue weighted by Gasteiger charge is -2.53. The van der Waals surface area contributed by atoms with E-state index in [1.807, 2.05) is 0 Å². The van der Waals surface area contributed by atoms with Crippen LogP contribution in [-0.4, -0.2) is 35.6 Å². The van der Waals surface area contributed by atoms with Crippen molar-refractivity contribution in [3.63, 3.8) is 0 Å². The van der Waals surface area contributed by atoms with E-state index in [9.17, 15) is 0 Å². The SMILES string of the molecule is CC(C)NC1C2CCN(CC2)C12CC2. The highest BCUT2D eigenvalue weighted by Gasteiger charge is 2.60. The largest absolute Gasteiger partial charge is 0.310 e. The Labute approximate surface area is 87.0 Å². The van der Waals surface area contributed by atoms with Crippen molar-refractivity contribution in [1.29, 1.82) is 0 Å². The minimum atomic E-state index is 0.617. The first-order valence-electron chi connectivity index (χ1n) is 6.23. The second-order valence-corrected chi connectivity index (χ2v) is 5.73. The number of hydrogen-bond donors (Lipinski definition) is 1. The maximum absolute atomic E-state index is 3.82. The van der Waals surface area contributed by atoms with E-state index < -0.39 is 0 Å². The normalized spacial score (nSPS) is 43.5. The first kappa shape index (κ1) is 9.17. The Hall–Kier alpha value is -0.0800. The molecule has 0 aromatic carbocycles. The van der Waals surface area contributed by atoms with Gasteiger partial charge in [0.1, 0.15) is 0 Å². The number of rotatable bonds is 2. The van der Waals surface area contributed by atoms with Crippen LogP contribution in [0.25, 0.3) is 0 Å². The first-order valence-corrected chi connectivity index (χ1v) is 6.23. The standard InChI is InChI=1S/C12H22N2/c1-9(2)13-11-10-3-7-14(8-4-10)12(11)5-6-12/h9-11,13H,3-8H2,1-2H3. The Balaban J connectivity index is 1.81. The fourth-order valence-electron chi connectivity index (χ4n) is 3.72. The van der Waals surface area contributed by atoms with Crippen LogP contribution >= 0.6 is 0 Å². The molecule has 1 saturated carbocycles. The van der Waals surface area contributed by atoms with Gasteiger partial charge in [0.2, 0.25) is 0 Å². The maximum atomic E-state index is 3.82. The van der Waals surface area contributed by atoms with Crippen LogP contribution in [0, 0.1) is 5.92 Å². The fraction of sp³-hybridized carbons (Fsp3) is 1.00. The molecular weight excluding hydrogens is 172 g/mol. The Kier molecular flexibility index (Phi) is 1.94. The molecule has 1 aliphatic carbocycles. The minimum Gasteiger partial charge on any atom is -0.310 e. The van der Waals surface area contributed by atoms with Gasteiger partial charge in [-0.2, -0.15) is 0 Å². The number of nitrogens with one attached hydrogen (secondary N) is 1. The minimum absolute atomic E-state index is 0.617. The molecular formula is C12H22N2. The molecule has 2 bridgehead atoms. The molecule has 2 heteroatoms. The van der Waals surface area contributed by atoms with Gasteiger partial charge in [-0.1, -0.05) is 13.8 Å². The van der Waals surface area contributed by atoms with Gasteiger partial charge in [0.25, 0.3) is 0 Å². The van der Waals surface area contributed by atoms with Crippen molar-refractivity contribution in [1.82, 2.24) is 10.2 Å². The molecule has 1 N–H and O–H groups in total. The predicted octanol–water partition coefficient (Wildman–Crippen LogP) is 1.61. The van der Waals surface area contributed by atoms with E-state index in [4.69, 9.17) is 0 Å². The van der Waals surface area contributed by atoms with Crippen LogP contribution in [0.2, 0.25) is 0 Å². The zero-order valence-corrected chi connectivity index (χ0v) is 9.42. The Bertz CT molecular complexity index is 224. The highest BCUT2D eigenvalue weighted by atomic mass is 15.3. The van der Waals surface area contributed by atoms with Crippen LogP contribution in [-0.2, 0) is 0 Å². The lowest BCUT2D eigenvalue weighted by Crippen LogP contribution is -2.65. The summed E-state index contributed by atoms with van der Waals surface area (Å²) in [6.45, 7) is 7.32. The molecule has 3 aliphatic heterocycles. The van der Waals surface area contributed by atoms with Gasteiger partial charge in [-0.05, 0) is 44.7 Å². The molecule has 14 heavy (non-hydrogen) atoms. The van der Waals surface area contributed by atoms with Gasteiger partial charge >= 0.3 is 0 Å². The molecule has 0 amide bonds. The third-order valence-corrected chi connectivity index (χ3v) is 4.49. The molecule has 0 aromatic heterocycles. The van der Waals surface area contributed by atoms with Crippen LogP contribution in [0.4, 0.5) is 0 Å². The summed E-state index contributed by atoms with van der Waals surface area (Å²) in [5.74, 6) is 0.977. The van der Waals surface area contributed by atoms with Crippen LogP contribution in [0.5, 0.6) is 0 Å². The van der Waals surface area contributed by atoms with Gasteiger partial charge < -0.3 is 5.32 Å². The van der Waals surface area contributed by atoms with Gasteiger partial charge in [-0.25, -0.2) is 0 Å². The highest BCUT2D eigenvalue weighted by molar-refractivity contribution is 5.18. The summed E-state index contributed by atoms with van der Waals surface area (Å²) in [4.78, 5) is 2.77. The highest BCUT2D eigenvalue weighted by Crippen LogP contribution is 2.53. The number of nitrogens with zero attached hydrogens (tertiary/aromatic N) is 1. The lowest BCUT2D eigenvalue weighted by atomic mass is 9.76.